The average molecular weight is 511 g/mol. The second kappa shape index (κ2) is 10.1. The van der Waals surface area contributed by atoms with Gasteiger partial charge < -0.3 is 20.5 Å². The zero-order chi connectivity index (χ0) is 23.5. The number of halogens is 1. The molecule has 0 bridgehead atoms. The third-order valence-corrected chi connectivity index (χ3v) is 7.51. The van der Waals surface area contributed by atoms with Gasteiger partial charge in [0.25, 0.3) is 0 Å². The lowest BCUT2D eigenvalue weighted by atomic mass is 10.1. The Morgan fingerprint density at radius 2 is 1.94 bits per heavy atom. The molecule has 7 nitrogen and oxygen atoms in total. The Kier molecular flexibility index (Phi) is 6.75. The molecule has 0 spiro atoms. The minimum absolute atomic E-state index is 0.130. The van der Waals surface area contributed by atoms with Crippen LogP contribution in [0, 0.1) is 0 Å². The molecule has 3 heterocycles. The maximum absolute atomic E-state index is 11.1. The Morgan fingerprint density at radius 3 is 2.68 bits per heavy atom. The Hall–Kier alpha value is -3.01. The van der Waals surface area contributed by atoms with Crippen molar-refractivity contribution in [1.82, 2.24) is 14.5 Å². The van der Waals surface area contributed by atoms with Gasteiger partial charge in [0.1, 0.15) is 0 Å². The summed E-state index contributed by atoms with van der Waals surface area (Å²) in [5.41, 5.74) is 10.8. The molecule has 1 aliphatic heterocycles. The summed E-state index contributed by atoms with van der Waals surface area (Å²) in [7, 11) is 0. The van der Waals surface area contributed by atoms with Crippen molar-refractivity contribution in [1.29, 1.82) is 0 Å². The van der Waals surface area contributed by atoms with Crippen LogP contribution in [0.2, 0.25) is 5.02 Å². The number of carbonyl (C=O) groups excluding carboxylic acids is 1. The van der Waals surface area contributed by atoms with E-state index < -0.39 is 5.91 Å². The number of amides is 1. The summed E-state index contributed by atoms with van der Waals surface area (Å²) < 4.78 is 1.87. The van der Waals surface area contributed by atoms with E-state index in [1.54, 1.807) is 17.7 Å². The van der Waals surface area contributed by atoms with Crippen LogP contribution in [0.1, 0.15) is 5.69 Å². The highest BCUT2D eigenvalue weighted by molar-refractivity contribution is 7.99. The van der Waals surface area contributed by atoms with E-state index in [0.717, 1.165) is 63.1 Å². The molecular weight excluding hydrogens is 488 g/mol. The number of carbonyl (C=O) groups is 1. The molecule has 1 aliphatic rings. The fourth-order valence-electron chi connectivity index (χ4n) is 3.81. The van der Waals surface area contributed by atoms with Crippen LogP contribution in [0.5, 0.6) is 0 Å². The standard InChI is InChI=1S/C24H23ClN6OS2/c25-20-11-17(3-6-22(20)30-7-9-33-10-8-30)28-24-29-21(14-34-24)16-1-4-19(5-2-16)31-13-18(27-15-31)12-23(26)32/h1-6,11,13-15H,7-10,12H2,(H2,26,32)(H,28,29). The summed E-state index contributed by atoms with van der Waals surface area (Å²) in [4.78, 5) is 22.4. The van der Waals surface area contributed by atoms with E-state index in [1.807, 2.05) is 58.2 Å². The van der Waals surface area contributed by atoms with Crippen LogP contribution in [-0.4, -0.2) is 45.0 Å². The molecule has 3 N–H and O–H groups in total. The van der Waals surface area contributed by atoms with E-state index in [4.69, 9.17) is 22.3 Å². The second-order valence-electron chi connectivity index (χ2n) is 7.89. The molecule has 1 saturated heterocycles. The van der Waals surface area contributed by atoms with Gasteiger partial charge in [-0.3, -0.25) is 4.79 Å². The Balaban J connectivity index is 1.26. The first-order valence-corrected chi connectivity index (χ1v) is 13.2. The number of benzene rings is 2. The van der Waals surface area contributed by atoms with Gasteiger partial charge in [-0.1, -0.05) is 23.7 Å². The van der Waals surface area contributed by atoms with Crippen molar-refractivity contribution in [2.45, 2.75) is 6.42 Å². The lowest BCUT2D eigenvalue weighted by Crippen LogP contribution is -2.32. The topological polar surface area (TPSA) is 89.1 Å². The Morgan fingerprint density at radius 1 is 1.15 bits per heavy atom. The van der Waals surface area contributed by atoms with E-state index in [0.29, 0.717) is 5.69 Å². The van der Waals surface area contributed by atoms with Crippen molar-refractivity contribution in [2.24, 2.45) is 5.73 Å². The molecule has 5 rings (SSSR count). The Bertz CT molecular complexity index is 1300. The monoisotopic (exact) mass is 510 g/mol. The van der Waals surface area contributed by atoms with E-state index in [9.17, 15) is 4.79 Å². The molecule has 0 saturated carbocycles. The first kappa shape index (κ1) is 22.8. The number of imidazole rings is 1. The van der Waals surface area contributed by atoms with Gasteiger partial charge in [0.2, 0.25) is 5.91 Å². The van der Waals surface area contributed by atoms with E-state index >= 15 is 0 Å². The minimum atomic E-state index is -0.395. The SMILES string of the molecule is NC(=O)Cc1cn(-c2ccc(-c3csc(Nc4ccc(N5CCSCC5)c(Cl)c4)n3)cc2)cn1. The Labute approximate surface area is 211 Å². The lowest BCUT2D eigenvalue weighted by Gasteiger charge is -2.29. The summed E-state index contributed by atoms with van der Waals surface area (Å²) in [6, 6.07) is 14.1. The molecule has 2 aromatic heterocycles. The highest BCUT2D eigenvalue weighted by Crippen LogP contribution is 2.33. The van der Waals surface area contributed by atoms with Gasteiger partial charge >= 0.3 is 0 Å². The number of nitrogens with two attached hydrogens (primary N) is 1. The number of nitrogens with zero attached hydrogens (tertiary/aromatic N) is 4. The summed E-state index contributed by atoms with van der Waals surface area (Å²) in [5, 5.41) is 6.96. The molecule has 34 heavy (non-hydrogen) atoms. The molecule has 1 amide bonds. The predicted molar refractivity (Wildman–Crippen MR) is 142 cm³/mol. The van der Waals surface area contributed by atoms with E-state index in [-0.39, 0.29) is 6.42 Å². The summed E-state index contributed by atoms with van der Waals surface area (Å²) in [5.74, 6) is 1.88. The van der Waals surface area contributed by atoms with Crippen LogP contribution in [0.3, 0.4) is 0 Å². The summed E-state index contributed by atoms with van der Waals surface area (Å²) in [6.07, 6.45) is 3.62. The molecule has 4 aromatic rings. The molecule has 2 aromatic carbocycles. The number of primary amides is 1. The number of aromatic nitrogens is 3. The zero-order valence-corrected chi connectivity index (χ0v) is 20.7. The number of thiazole rings is 1. The van der Waals surface area contributed by atoms with Crippen molar-refractivity contribution in [3.05, 3.63) is 71.1 Å². The van der Waals surface area contributed by atoms with E-state index in [2.05, 4.69) is 27.3 Å². The maximum atomic E-state index is 11.1. The minimum Gasteiger partial charge on any atom is -0.369 e. The van der Waals surface area contributed by atoms with Gasteiger partial charge in [0.15, 0.2) is 5.13 Å². The molecule has 1 fully saturated rings. The highest BCUT2D eigenvalue weighted by Gasteiger charge is 2.15. The van der Waals surface area contributed by atoms with Gasteiger partial charge in [0, 0.05) is 53.1 Å². The van der Waals surface area contributed by atoms with Crippen molar-refractivity contribution in [2.75, 3.05) is 34.8 Å². The van der Waals surface area contributed by atoms with Gasteiger partial charge in [-0.25, -0.2) is 9.97 Å². The van der Waals surface area contributed by atoms with Gasteiger partial charge in [-0.15, -0.1) is 11.3 Å². The molecule has 0 aliphatic carbocycles. The molecule has 0 radical (unpaired) electrons. The van der Waals surface area contributed by atoms with Crippen molar-refractivity contribution in [3.8, 4) is 16.9 Å². The fraction of sp³-hybridized carbons (Fsp3) is 0.208. The molecule has 0 unspecified atom stereocenters. The first-order chi connectivity index (χ1) is 16.5. The van der Waals surface area contributed by atoms with Gasteiger partial charge in [-0.2, -0.15) is 11.8 Å². The normalized spacial score (nSPS) is 13.7. The van der Waals surface area contributed by atoms with Crippen LogP contribution in [0.4, 0.5) is 16.5 Å². The number of hydrogen-bond acceptors (Lipinski definition) is 7. The fourth-order valence-corrected chi connectivity index (χ4v) is 5.75. The highest BCUT2D eigenvalue weighted by atomic mass is 35.5. The van der Waals surface area contributed by atoms with Crippen LogP contribution < -0.4 is 16.0 Å². The largest absolute Gasteiger partial charge is 0.369 e. The molecule has 10 heteroatoms. The van der Waals surface area contributed by atoms with E-state index in [1.165, 1.54) is 0 Å². The third-order valence-electron chi connectivity index (χ3n) is 5.51. The van der Waals surface area contributed by atoms with Crippen molar-refractivity contribution < 1.29 is 4.79 Å². The number of thioether (sulfide) groups is 1. The molecular formula is C24H23ClN6OS2. The van der Waals surface area contributed by atoms with Crippen molar-refractivity contribution >= 4 is 57.1 Å². The molecule has 174 valence electrons. The number of nitrogens with one attached hydrogen (secondary N) is 1. The van der Waals surface area contributed by atoms with Gasteiger partial charge in [0.05, 0.1) is 34.8 Å². The van der Waals surface area contributed by atoms with Gasteiger partial charge in [-0.05, 0) is 30.3 Å². The average Bonchev–Trinajstić information content (AvgIpc) is 3.49. The van der Waals surface area contributed by atoms with Crippen molar-refractivity contribution in [3.63, 3.8) is 0 Å². The van der Waals surface area contributed by atoms with Crippen LogP contribution in [0.25, 0.3) is 16.9 Å². The van der Waals surface area contributed by atoms with Crippen LogP contribution >= 0.6 is 34.7 Å². The lowest BCUT2D eigenvalue weighted by molar-refractivity contribution is -0.117. The molecule has 0 atom stereocenters. The van der Waals surface area contributed by atoms with Crippen LogP contribution in [-0.2, 0) is 11.2 Å². The number of rotatable bonds is 7. The number of anilines is 3. The summed E-state index contributed by atoms with van der Waals surface area (Å²) in [6.45, 7) is 2.06. The maximum Gasteiger partial charge on any atom is 0.223 e. The smallest absolute Gasteiger partial charge is 0.223 e. The van der Waals surface area contributed by atoms with Crippen LogP contribution in [0.15, 0.2) is 60.4 Å². The third kappa shape index (κ3) is 5.22. The second-order valence-corrected chi connectivity index (χ2v) is 10.4. The quantitative estimate of drug-likeness (QED) is 0.365. The number of hydrogen-bond donors (Lipinski definition) is 2. The zero-order valence-electron chi connectivity index (χ0n) is 18.3. The first-order valence-electron chi connectivity index (χ1n) is 10.8. The predicted octanol–water partition coefficient (Wildman–Crippen LogP) is 4.97. The summed E-state index contributed by atoms with van der Waals surface area (Å²) >= 11 is 10.1.